The molecule has 1 aromatic heterocycles. The third-order valence-electron chi connectivity index (χ3n) is 2.33. The van der Waals surface area contributed by atoms with E-state index in [0.717, 1.165) is 29.6 Å². The summed E-state index contributed by atoms with van der Waals surface area (Å²) >= 11 is 1.96. The third-order valence-corrected chi connectivity index (χ3v) is 3.61. The van der Waals surface area contributed by atoms with Gasteiger partial charge in [0.2, 0.25) is 0 Å². The lowest BCUT2D eigenvalue weighted by atomic mass is 10.2. The predicted molar refractivity (Wildman–Crippen MR) is 81.6 cm³/mol. The van der Waals surface area contributed by atoms with Crippen LogP contribution in [-0.2, 0) is 0 Å². The summed E-state index contributed by atoms with van der Waals surface area (Å²) in [6.45, 7) is 13.9. The molecular weight excluding hydrogens is 242 g/mol. The monoisotopic (exact) mass is 267 g/mol. The third kappa shape index (κ3) is 5.71. The lowest BCUT2D eigenvalue weighted by Crippen LogP contribution is -2.14. The number of aromatic nitrogens is 2. The Labute approximate surface area is 115 Å². The van der Waals surface area contributed by atoms with Gasteiger partial charge in [0.15, 0.2) is 0 Å². The molecule has 102 valence electrons. The Balaban J connectivity index is 2.52. The molecule has 0 saturated heterocycles. The van der Waals surface area contributed by atoms with Crippen molar-refractivity contribution in [2.75, 3.05) is 17.6 Å². The molecule has 1 aromatic rings. The van der Waals surface area contributed by atoms with Gasteiger partial charge in [-0.05, 0) is 6.92 Å². The standard InChI is InChI=1S/C14H25N3S/c1-10(2)13-16-11(3)9-12(17-13)15-7-8-18-14(4,5)6/h9-10H,7-8H2,1-6H3,(H,15,16,17). The van der Waals surface area contributed by atoms with Gasteiger partial charge in [-0.15, -0.1) is 0 Å². The van der Waals surface area contributed by atoms with E-state index in [1.54, 1.807) is 0 Å². The summed E-state index contributed by atoms with van der Waals surface area (Å²) in [5, 5.41) is 3.38. The van der Waals surface area contributed by atoms with Gasteiger partial charge < -0.3 is 5.32 Å². The van der Waals surface area contributed by atoms with Gasteiger partial charge in [-0.2, -0.15) is 11.8 Å². The van der Waals surface area contributed by atoms with Crippen LogP contribution >= 0.6 is 11.8 Å². The molecule has 1 heterocycles. The zero-order valence-electron chi connectivity index (χ0n) is 12.4. The number of aryl methyl sites for hydroxylation is 1. The number of anilines is 1. The Kier molecular flexibility index (Phi) is 5.45. The number of nitrogens with zero attached hydrogens (tertiary/aromatic N) is 2. The molecule has 3 nitrogen and oxygen atoms in total. The van der Waals surface area contributed by atoms with E-state index in [4.69, 9.17) is 0 Å². The summed E-state index contributed by atoms with van der Waals surface area (Å²) in [5.74, 6) is 3.32. The summed E-state index contributed by atoms with van der Waals surface area (Å²) in [6, 6.07) is 2.01. The van der Waals surface area contributed by atoms with E-state index in [2.05, 4.69) is 49.9 Å². The highest BCUT2D eigenvalue weighted by Crippen LogP contribution is 2.22. The molecule has 0 radical (unpaired) electrons. The molecule has 18 heavy (non-hydrogen) atoms. The average molecular weight is 267 g/mol. The minimum Gasteiger partial charge on any atom is -0.369 e. The number of thioether (sulfide) groups is 1. The first kappa shape index (κ1) is 15.3. The van der Waals surface area contributed by atoms with Crippen LogP contribution in [-0.4, -0.2) is 27.0 Å². The number of hydrogen-bond acceptors (Lipinski definition) is 4. The van der Waals surface area contributed by atoms with E-state index in [9.17, 15) is 0 Å². The maximum atomic E-state index is 4.54. The Bertz CT molecular complexity index is 383. The van der Waals surface area contributed by atoms with Crippen molar-refractivity contribution >= 4 is 17.6 Å². The van der Waals surface area contributed by atoms with Crippen LogP contribution in [0.3, 0.4) is 0 Å². The molecule has 0 fully saturated rings. The van der Waals surface area contributed by atoms with Crippen LogP contribution in [0.4, 0.5) is 5.82 Å². The quantitative estimate of drug-likeness (QED) is 0.822. The first-order valence-corrected chi connectivity index (χ1v) is 7.50. The van der Waals surface area contributed by atoms with Crippen LogP contribution in [0.2, 0.25) is 0 Å². The highest BCUT2D eigenvalue weighted by molar-refractivity contribution is 8.00. The minimum atomic E-state index is 0.326. The number of rotatable bonds is 5. The van der Waals surface area contributed by atoms with Crippen molar-refractivity contribution in [2.24, 2.45) is 0 Å². The summed E-state index contributed by atoms with van der Waals surface area (Å²) in [6.07, 6.45) is 0. The molecule has 4 heteroatoms. The van der Waals surface area contributed by atoms with Crippen LogP contribution < -0.4 is 5.32 Å². The van der Waals surface area contributed by atoms with Gasteiger partial charge >= 0.3 is 0 Å². The summed E-state index contributed by atoms with van der Waals surface area (Å²) in [7, 11) is 0. The van der Waals surface area contributed by atoms with Gasteiger partial charge in [0.05, 0.1) is 0 Å². The Morgan fingerprint density at radius 3 is 2.50 bits per heavy atom. The predicted octanol–water partition coefficient (Wildman–Crippen LogP) is 3.85. The Morgan fingerprint density at radius 1 is 1.28 bits per heavy atom. The molecule has 1 rings (SSSR count). The minimum absolute atomic E-state index is 0.326. The fraction of sp³-hybridized carbons (Fsp3) is 0.714. The van der Waals surface area contributed by atoms with E-state index in [0.29, 0.717) is 10.7 Å². The van der Waals surface area contributed by atoms with Gasteiger partial charge in [0.1, 0.15) is 11.6 Å². The lowest BCUT2D eigenvalue weighted by Gasteiger charge is -2.17. The molecule has 0 atom stereocenters. The second-order valence-corrected chi connectivity index (χ2v) is 7.72. The van der Waals surface area contributed by atoms with E-state index in [1.807, 2.05) is 24.8 Å². The topological polar surface area (TPSA) is 37.8 Å². The van der Waals surface area contributed by atoms with Crippen molar-refractivity contribution in [1.82, 2.24) is 9.97 Å². The molecule has 0 aliphatic carbocycles. The lowest BCUT2D eigenvalue weighted by molar-refractivity contribution is 0.767. The molecule has 0 amide bonds. The molecule has 0 bridgehead atoms. The van der Waals surface area contributed by atoms with Crippen molar-refractivity contribution in [1.29, 1.82) is 0 Å². The van der Waals surface area contributed by atoms with Crippen molar-refractivity contribution in [3.8, 4) is 0 Å². The SMILES string of the molecule is Cc1cc(NCCSC(C)(C)C)nc(C(C)C)n1. The van der Waals surface area contributed by atoms with Crippen LogP contribution in [0.25, 0.3) is 0 Å². The van der Waals surface area contributed by atoms with Gasteiger partial charge in [0.25, 0.3) is 0 Å². The Morgan fingerprint density at radius 2 is 1.94 bits per heavy atom. The molecule has 0 spiro atoms. The van der Waals surface area contributed by atoms with Crippen LogP contribution in [0.1, 0.15) is 52.1 Å². The Hall–Kier alpha value is -0.770. The normalized spacial score (nSPS) is 11.9. The second kappa shape index (κ2) is 6.41. The largest absolute Gasteiger partial charge is 0.369 e. The van der Waals surface area contributed by atoms with Crippen LogP contribution in [0.15, 0.2) is 6.07 Å². The first-order valence-electron chi connectivity index (χ1n) is 6.51. The second-order valence-electron chi connectivity index (χ2n) is 5.80. The van der Waals surface area contributed by atoms with Crippen molar-refractivity contribution in [2.45, 2.75) is 52.2 Å². The summed E-state index contributed by atoms with van der Waals surface area (Å²) in [5.41, 5.74) is 1.03. The van der Waals surface area contributed by atoms with E-state index >= 15 is 0 Å². The van der Waals surface area contributed by atoms with Gasteiger partial charge in [-0.3, -0.25) is 0 Å². The van der Waals surface area contributed by atoms with Crippen molar-refractivity contribution < 1.29 is 0 Å². The molecule has 0 aliphatic heterocycles. The zero-order valence-corrected chi connectivity index (χ0v) is 13.2. The van der Waals surface area contributed by atoms with Crippen LogP contribution in [0.5, 0.6) is 0 Å². The molecule has 0 aliphatic rings. The fourth-order valence-electron chi connectivity index (χ4n) is 1.48. The maximum absolute atomic E-state index is 4.54. The fourth-order valence-corrected chi connectivity index (χ4v) is 2.29. The van der Waals surface area contributed by atoms with Crippen molar-refractivity contribution in [3.63, 3.8) is 0 Å². The smallest absolute Gasteiger partial charge is 0.133 e. The molecular formula is C14H25N3S. The zero-order chi connectivity index (χ0) is 13.8. The van der Waals surface area contributed by atoms with Gasteiger partial charge in [0, 0.05) is 34.7 Å². The number of nitrogens with one attached hydrogen (secondary N) is 1. The summed E-state index contributed by atoms with van der Waals surface area (Å²) in [4.78, 5) is 8.98. The van der Waals surface area contributed by atoms with E-state index < -0.39 is 0 Å². The molecule has 0 saturated carbocycles. The first-order chi connectivity index (χ1) is 8.28. The molecule has 0 aromatic carbocycles. The highest BCUT2D eigenvalue weighted by atomic mass is 32.2. The molecule has 0 unspecified atom stereocenters. The van der Waals surface area contributed by atoms with Crippen molar-refractivity contribution in [3.05, 3.63) is 17.6 Å². The average Bonchev–Trinajstić information content (AvgIpc) is 2.22. The van der Waals surface area contributed by atoms with E-state index in [-0.39, 0.29) is 0 Å². The number of hydrogen-bond donors (Lipinski definition) is 1. The molecule has 1 N–H and O–H groups in total. The summed E-state index contributed by atoms with van der Waals surface area (Å²) < 4.78 is 0.326. The van der Waals surface area contributed by atoms with Gasteiger partial charge in [-0.25, -0.2) is 9.97 Å². The maximum Gasteiger partial charge on any atom is 0.133 e. The van der Waals surface area contributed by atoms with Gasteiger partial charge in [-0.1, -0.05) is 34.6 Å². The van der Waals surface area contributed by atoms with Crippen LogP contribution in [0, 0.1) is 6.92 Å². The highest BCUT2D eigenvalue weighted by Gasteiger charge is 2.10. The van der Waals surface area contributed by atoms with E-state index in [1.165, 1.54) is 0 Å².